The van der Waals surface area contributed by atoms with Crippen molar-refractivity contribution in [3.05, 3.63) is 59.4 Å². The SMILES string of the molecule is Cc1cnc(CN2CCn3nc(-c4ncccc4C)cc3C2)cn1. The van der Waals surface area contributed by atoms with Crippen molar-refractivity contribution < 1.29 is 0 Å². The predicted molar refractivity (Wildman–Crippen MR) is 91.1 cm³/mol. The van der Waals surface area contributed by atoms with Crippen LogP contribution in [0.4, 0.5) is 0 Å². The molecule has 6 heteroatoms. The lowest BCUT2D eigenvalue weighted by atomic mass is 10.1. The van der Waals surface area contributed by atoms with E-state index in [0.717, 1.165) is 54.5 Å². The van der Waals surface area contributed by atoms with E-state index in [1.165, 1.54) is 5.69 Å². The van der Waals surface area contributed by atoms with Crippen molar-refractivity contribution in [2.75, 3.05) is 6.54 Å². The van der Waals surface area contributed by atoms with Gasteiger partial charge in [0, 0.05) is 38.2 Å². The monoisotopic (exact) mass is 320 g/mol. The summed E-state index contributed by atoms with van der Waals surface area (Å²) < 4.78 is 2.10. The van der Waals surface area contributed by atoms with Gasteiger partial charge in [0.25, 0.3) is 0 Å². The first-order valence-electron chi connectivity index (χ1n) is 8.17. The van der Waals surface area contributed by atoms with E-state index in [1.807, 2.05) is 31.6 Å². The minimum Gasteiger partial charge on any atom is -0.290 e. The van der Waals surface area contributed by atoms with Crippen LogP contribution in [0.1, 0.15) is 22.6 Å². The van der Waals surface area contributed by atoms with Crippen molar-refractivity contribution in [1.29, 1.82) is 0 Å². The molecule has 0 N–H and O–H groups in total. The van der Waals surface area contributed by atoms with Crippen molar-refractivity contribution in [3.8, 4) is 11.4 Å². The second-order valence-electron chi connectivity index (χ2n) is 6.27. The maximum absolute atomic E-state index is 4.73. The topological polar surface area (TPSA) is 59.7 Å². The van der Waals surface area contributed by atoms with E-state index in [2.05, 4.69) is 43.6 Å². The van der Waals surface area contributed by atoms with Gasteiger partial charge in [-0.05, 0) is 31.5 Å². The lowest BCUT2D eigenvalue weighted by Gasteiger charge is -2.26. The molecule has 6 nitrogen and oxygen atoms in total. The van der Waals surface area contributed by atoms with Gasteiger partial charge in [-0.2, -0.15) is 5.10 Å². The Bertz CT molecular complexity index is 852. The highest BCUT2D eigenvalue weighted by Gasteiger charge is 2.20. The van der Waals surface area contributed by atoms with Crippen LogP contribution >= 0.6 is 0 Å². The first kappa shape index (κ1) is 15.0. The van der Waals surface area contributed by atoms with Crippen molar-refractivity contribution in [2.24, 2.45) is 0 Å². The fourth-order valence-electron chi connectivity index (χ4n) is 3.06. The number of aryl methyl sites for hydroxylation is 2. The average molecular weight is 320 g/mol. The Balaban J connectivity index is 1.53. The minimum absolute atomic E-state index is 0.816. The van der Waals surface area contributed by atoms with E-state index in [4.69, 9.17) is 5.10 Å². The summed E-state index contributed by atoms with van der Waals surface area (Å²) >= 11 is 0. The number of aromatic nitrogens is 5. The Labute approximate surface area is 141 Å². The van der Waals surface area contributed by atoms with Crippen LogP contribution in [0.3, 0.4) is 0 Å². The van der Waals surface area contributed by atoms with Gasteiger partial charge in [-0.3, -0.25) is 24.5 Å². The molecule has 0 bridgehead atoms. The number of fused-ring (bicyclic) bond motifs is 1. The quantitative estimate of drug-likeness (QED) is 0.741. The summed E-state index contributed by atoms with van der Waals surface area (Å²) in [6, 6.07) is 6.19. The molecule has 0 aliphatic carbocycles. The Morgan fingerprint density at radius 3 is 2.79 bits per heavy atom. The summed E-state index contributed by atoms with van der Waals surface area (Å²) in [6.45, 7) is 7.57. The Hall–Kier alpha value is -2.60. The van der Waals surface area contributed by atoms with Crippen LogP contribution in [0.15, 0.2) is 36.8 Å². The average Bonchev–Trinajstić information content (AvgIpc) is 3.00. The van der Waals surface area contributed by atoms with Gasteiger partial charge in [0.15, 0.2) is 0 Å². The van der Waals surface area contributed by atoms with E-state index in [9.17, 15) is 0 Å². The summed E-state index contributed by atoms with van der Waals surface area (Å²) in [4.78, 5) is 15.6. The van der Waals surface area contributed by atoms with Crippen LogP contribution in [0.2, 0.25) is 0 Å². The molecule has 1 aliphatic heterocycles. The van der Waals surface area contributed by atoms with Crippen molar-refractivity contribution in [3.63, 3.8) is 0 Å². The molecule has 1 aliphatic rings. The van der Waals surface area contributed by atoms with Crippen LogP contribution in [0.25, 0.3) is 11.4 Å². The highest BCUT2D eigenvalue weighted by Crippen LogP contribution is 2.23. The fourth-order valence-corrected chi connectivity index (χ4v) is 3.06. The van der Waals surface area contributed by atoms with Crippen LogP contribution in [0.5, 0.6) is 0 Å². The first-order valence-corrected chi connectivity index (χ1v) is 8.17. The maximum atomic E-state index is 4.73. The molecule has 0 radical (unpaired) electrons. The second-order valence-corrected chi connectivity index (χ2v) is 6.27. The molecule has 122 valence electrons. The summed E-state index contributed by atoms with van der Waals surface area (Å²) in [5.74, 6) is 0. The number of rotatable bonds is 3. The molecule has 0 atom stereocenters. The largest absolute Gasteiger partial charge is 0.290 e. The molecule has 0 saturated heterocycles. The molecular weight excluding hydrogens is 300 g/mol. The fraction of sp³-hybridized carbons (Fsp3) is 0.333. The van der Waals surface area contributed by atoms with Gasteiger partial charge < -0.3 is 0 Å². The van der Waals surface area contributed by atoms with Gasteiger partial charge >= 0.3 is 0 Å². The molecule has 0 spiro atoms. The van der Waals surface area contributed by atoms with Gasteiger partial charge in [-0.25, -0.2) is 0 Å². The van der Waals surface area contributed by atoms with Gasteiger partial charge in [-0.1, -0.05) is 6.07 Å². The van der Waals surface area contributed by atoms with E-state index in [1.54, 1.807) is 0 Å². The molecule has 3 aromatic rings. The molecule has 0 unspecified atom stereocenters. The van der Waals surface area contributed by atoms with Gasteiger partial charge in [0.2, 0.25) is 0 Å². The highest BCUT2D eigenvalue weighted by molar-refractivity contribution is 5.58. The Morgan fingerprint density at radius 1 is 1.08 bits per heavy atom. The lowest BCUT2D eigenvalue weighted by molar-refractivity contribution is 0.203. The van der Waals surface area contributed by atoms with Crippen LogP contribution in [-0.2, 0) is 19.6 Å². The zero-order chi connectivity index (χ0) is 16.5. The first-order chi connectivity index (χ1) is 11.7. The minimum atomic E-state index is 0.816. The van der Waals surface area contributed by atoms with E-state index in [-0.39, 0.29) is 0 Å². The van der Waals surface area contributed by atoms with Crippen LogP contribution in [0, 0.1) is 13.8 Å². The molecule has 4 rings (SSSR count). The number of pyridine rings is 1. The molecular formula is C18H20N6. The molecule has 0 fully saturated rings. The summed E-state index contributed by atoms with van der Waals surface area (Å²) in [5, 5.41) is 4.73. The van der Waals surface area contributed by atoms with E-state index >= 15 is 0 Å². The van der Waals surface area contributed by atoms with Gasteiger partial charge in [0.05, 0.1) is 29.3 Å². The van der Waals surface area contributed by atoms with Gasteiger partial charge in [0.1, 0.15) is 5.69 Å². The van der Waals surface area contributed by atoms with Crippen molar-refractivity contribution in [2.45, 2.75) is 33.5 Å². The van der Waals surface area contributed by atoms with E-state index in [0.29, 0.717) is 0 Å². The second kappa shape index (κ2) is 6.13. The van der Waals surface area contributed by atoms with Crippen molar-refractivity contribution in [1.82, 2.24) is 29.6 Å². The third-order valence-electron chi connectivity index (χ3n) is 4.35. The number of hydrogen-bond acceptors (Lipinski definition) is 5. The molecule has 4 heterocycles. The standard InChI is InChI=1S/C18H20N6/c1-13-4-3-5-19-18(13)17-8-16-12-23(6-7-24(16)22-17)11-15-10-20-14(2)9-21-15/h3-5,8-10H,6-7,11-12H2,1-2H3. The van der Waals surface area contributed by atoms with E-state index < -0.39 is 0 Å². The van der Waals surface area contributed by atoms with Crippen LogP contribution < -0.4 is 0 Å². The molecule has 0 saturated carbocycles. The Kier molecular flexibility index (Phi) is 3.82. The molecule has 0 amide bonds. The molecule has 3 aromatic heterocycles. The summed E-state index contributed by atoms with van der Waals surface area (Å²) in [5.41, 5.74) is 6.26. The van der Waals surface area contributed by atoms with Crippen molar-refractivity contribution >= 4 is 0 Å². The highest BCUT2D eigenvalue weighted by atomic mass is 15.3. The molecule has 24 heavy (non-hydrogen) atoms. The number of nitrogens with zero attached hydrogens (tertiary/aromatic N) is 6. The normalized spacial score (nSPS) is 14.6. The zero-order valence-corrected chi connectivity index (χ0v) is 14.0. The lowest BCUT2D eigenvalue weighted by Crippen LogP contribution is -2.33. The zero-order valence-electron chi connectivity index (χ0n) is 14.0. The maximum Gasteiger partial charge on any atom is 0.111 e. The van der Waals surface area contributed by atoms with Crippen LogP contribution in [-0.4, -0.2) is 36.2 Å². The third-order valence-corrected chi connectivity index (χ3v) is 4.35. The Morgan fingerprint density at radius 2 is 2.00 bits per heavy atom. The third kappa shape index (κ3) is 2.92. The smallest absolute Gasteiger partial charge is 0.111 e. The number of hydrogen-bond donors (Lipinski definition) is 0. The summed E-state index contributed by atoms with van der Waals surface area (Å²) in [6.07, 6.45) is 5.51. The van der Waals surface area contributed by atoms with Gasteiger partial charge in [-0.15, -0.1) is 0 Å². The predicted octanol–water partition coefficient (Wildman–Crippen LogP) is 2.37. The molecule has 0 aromatic carbocycles. The summed E-state index contributed by atoms with van der Waals surface area (Å²) in [7, 11) is 0.